The van der Waals surface area contributed by atoms with Gasteiger partial charge in [-0.25, -0.2) is 0 Å². The van der Waals surface area contributed by atoms with E-state index < -0.39 is 0 Å². The van der Waals surface area contributed by atoms with Crippen molar-refractivity contribution in [2.24, 2.45) is 0 Å². The van der Waals surface area contributed by atoms with Gasteiger partial charge < -0.3 is 20.1 Å². The van der Waals surface area contributed by atoms with Crippen LogP contribution in [0.1, 0.15) is 42.2 Å². The van der Waals surface area contributed by atoms with Crippen molar-refractivity contribution in [2.45, 2.75) is 37.8 Å². The van der Waals surface area contributed by atoms with Gasteiger partial charge in [-0.3, -0.25) is 4.79 Å². The van der Waals surface area contributed by atoms with Crippen molar-refractivity contribution >= 4 is 11.6 Å². The monoisotopic (exact) mass is 276 g/mol. The Hall–Kier alpha value is -1.49. The fourth-order valence-electron chi connectivity index (χ4n) is 3.19. The second-order valence-electron chi connectivity index (χ2n) is 6.35. The van der Waals surface area contributed by atoms with Crippen molar-refractivity contribution < 1.29 is 4.79 Å². The second kappa shape index (κ2) is 5.13. The zero-order valence-electron chi connectivity index (χ0n) is 12.4. The molecular weight excluding hydrogens is 252 g/mol. The van der Waals surface area contributed by atoms with Crippen LogP contribution in [0.3, 0.4) is 0 Å². The van der Waals surface area contributed by atoms with Gasteiger partial charge in [-0.15, -0.1) is 0 Å². The number of likely N-dealkylation sites (N-methyl/N-ethyl adjacent to an activating group) is 1. The van der Waals surface area contributed by atoms with Gasteiger partial charge in [0, 0.05) is 31.4 Å². The number of likely N-dealkylation sites (tertiary alicyclic amines) is 1. The summed E-state index contributed by atoms with van der Waals surface area (Å²) in [5.41, 5.74) is 7.37. The van der Waals surface area contributed by atoms with E-state index in [9.17, 15) is 4.79 Å². The Kier molecular flexibility index (Phi) is 3.46. The minimum Gasteiger partial charge on any atom is -0.397 e. The molecule has 0 bridgehead atoms. The van der Waals surface area contributed by atoms with Gasteiger partial charge in [0.05, 0.1) is 5.69 Å². The highest BCUT2D eigenvalue weighted by Gasteiger charge is 2.34. The van der Waals surface area contributed by atoms with Crippen LogP contribution in [0.4, 0.5) is 5.69 Å². The third-order valence-corrected chi connectivity index (χ3v) is 4.24. The lowest BCUT2D eigenvalue weighted by molar-refractivity contribution is 0.0705. The Morgan fingerprint density at radius 2 is 2.15 bits per heavy atom. The summed E-state index contributed by atoms with van der Waals surface area (Å²) in [7, 11) is 4.12. The van der Waals surface area contributed by atoms with Crippen LogP contribution >= 0.6 is 0 Å². The molecule has 2 N–H and O–H groups in total. The molecule has 1 aliphatic heterocycles. The van der Waals surface area contributed by atoms with Crippen LogP contribution in [0.15, 0.2) is 12.3 Å². The molecule has 2 heterocycles. The van der Waals surface area contributed by atoms with Crippen LogP contribution < -0.4 is 5.73 Å². The number of carbonyl (C=O) groups is 1. The summed E-state index contributed by atoms with van der Waals surface area (Å²) >= 11 is 0. The second-order valence-corrected chi connectivity index (χ2v) is 6.35. The largest absolute Gasteiger partial charge is 0.397 e. The summed E-state index contributed by atoms with van der Waals surface area (Å²) in [4.78, 5) is 17.0. The molecule has 20 heavy (non-hydrogen) atoms. The lowest BCUT2D eigenvalue weighted by Gasteiger charge is -2.27. The molecule has 2 fully saturated rings. The zero-order chi connectivity index (χ0) is 14.3. The average Bonchev–Trinajstić information content (AvgIpc) is 3.01. The zero-order valence-corrected chi connectivity index (χ0v) is 12.4. The van der Waals surface area contributed by atoms with E-state index in [-0.39, 0.29) is 5.91 Å². The molecule has 2 aliphatic rings. The number of amides is 1. The lowest BCUT2D eigenvalue weighted by Crippen LogP contribution is -2.41. The van der Waals surface area contributed by atoms with Crippen molar-refractivity contribution in [1.82, 2.24) is 14.4 Å². The maximum atomic E-state index is 12.8. The van der Waals surface area contributed by atoms with E-state index in [0.717, 1.165) is 44.5 Å². The number of hydrogen-bond donors (Lipinski definition) is 1. The van der Waals surface area contributed by atoms with E-state index in [1.165, 1.54) is 0 Å². The quantitative estimate of drug-likeness (QED) is 0.908. The number of nitrogens with zero attached hydrogens (tertiary/aromatic N) is 3. The summed E-state index contributed by atoms with van der Waals surface area (Å²) in [6.07, 6.45) is 6.44. The Labute approximate surface area is 120 Å². The maximum Gasteiger partial charge on any atom is 0.270 e. The predicted octanol–water partition coefficient (Wildman–Crippen LogP) is 1.57. The first-order valence-electron chi connectivity index (χ1n) is 7.49. The number of nitrogen functional groups attached to an aromatic ring is 1. The first-order chi connectivity index (χ1) is 9.56. The molecule has 0 spiro atoms. The predicted molar refractivity (Wildman–Crippen MR) is 79.7 cm³/mol. The first kappa shape index (κ1) is 13.5. The van der Waals surface area contributed by atoms with Gasteiger partial charge in [0.2, 0.25) is 0 Å². The van der Waals surface area contributed by atoms with Crippen molar-refractivity contribution in [3.8, 4) is 0 Å². The number of aromatic nitrogens is 1. The number of nitrogens with two attached hydrogens (primary N) is 1. The number of carbonyl (C=O) groups excluding carboxylic acids is 1. The molecule has 1 saturated carbocycles. The van der Waals surface area contributed by atoms with Crippen LogP contribution in [0, 0.1) is 0 Å². The highest BCUT2D eigenvalue weighted by atomic mass is 16.2. The molecule has 0 radical (unpaired) electrons. The van der Waals surface area contributed by atoms with Gasteiger partial charge in [0.15, 0.2) is 0 Å². The Morgan fingerprint density at radius 3 is 2.80 bits per heavy atom. The lowest BCUT2D eigenvalue weighted by atomic mass is 10.2. The topological polar surface area (TPSA) is 54.5 Å². The molecule has 1 aliphatic carbocycles. The van der Waals surface area contributed by atoms with Gasteiger partial charge in [-0.2, -0.15) is 0 Å². The SMILES string of the molecule is CN(C)CC1CCCN1C(=O)c1cc(N)cn1C1CC1. The van der Waals surface area contributed by atoms with Gasteiger partial charge >= 0.3 is 0 Å². The molecule has 1 atom stereocenters. The van der Waals surface area contributed by atoms with E-state index in [1.807, 2.05) is 17.2 Å². The molecule has 1 aromatic heterocycles. The average molecular weight is 276 g/mol. The Bertz CT molecular complexity index is 504. The van der Waals surface area contributed by atoms with Gasteiger partial charge in [0.25, 0.3) is 5.91 Å². The molecule has 1 saturated heterocycles. The van der Waals surface area contributed by atoms with E-state index in [0.29, 0.717) is 17.8 Å². The van der Waals surface area contributed by atoms with Crippen LogP contribution in [-0.4, -0.2) is 53.5 Å². The Morgan fingerprint density at radius 1 is 1.40 bits per heavy atom. The summed E-state index contributed by atoms with van der Waals surface area (Å²) in [6, 6.07) is 2.66. The van der Waals surface area contributed by atoms with Gasteiger partial charge in [-0.05, 0) is 45.8 Å². The minimum absolute atomic E-state index is 0.151. The minimum atomic E-state index is 0.151. The Balaban J connectivity index is 1.81. The number of rotatable bonds is 4. The van der Waals surface area contributed by atoms with Crippen LogP contribution in [0.5, 0.6) is 0 Å². The molecule has 110 valence electrons. The number of hydrogen-bond acceptors (Lipinski definition) is 3. The van der Waals surface area contributed by atoms with Crippen LogP contribution in [-0.2, 0) is 0 Å². The molecule has 1 aromatic rings. The van der Waals surface area contributed by atoms with E-state index >= 15 is 0 Å². The van der Waals surface area contributed by atoms with Crippen LogP contribution in [0.25, 0.3) is 0 Å². The summed E-state index contributed by atoms with van der Waals surface area (Å²) < 4.78 is 2.09. The molecule has 1 amide bonds. The molecule has 1 unspecified atom stereocenters. The van der Waals surface area contributed by atoms with E-state index in [4.69, 9.17) is 5.73 Å². The maximum absolute atomic E-state index is 12.8. The van der Waals surface area contributed by atoms with E-state index in [2.05, 4.69) is 23.6 Å². The summed E-state index contributed by atoms with van der Waals surface area (Å²) in [5, 5.41) is 0. The summed E-state index contributed by atoms with van der Waals surface area (Å²) in [5.74, 6) is 0.151. The molecule has 5 nitrogen and oxygen atoms in total. The van der Waals surface area contributed by atoms with Crippen molar-refractivity contribution in [1.29, 1.82) is 0 Å². The fourth-order valence-corrected chi connectivity index (χ4v) is 3.19. The van der Waals surface area contributed by atoms with Crippen LogP contribution in [0.2, 0.25) is 0 Å². The highest BCUT2D eigenvalue weighted by Crippen LogP contribution is 2.37. The highest BCUT2D eigenvalue weighted by molar-refractivity contribution is 5.94. The van der Waals surface area contributed by atoms with Crippen molar-refractivity contribution in [2.75, 3.05) is 32.9 Å². The molecule has 0 aromatic carbocycles. The van der Waals surface area contributed by atoms with Gasteiger partial charge in [-0.1, -0.05) is 0 Å². The first-order valence-corrected chi connectivity index (χ1v) is 7.49. The van der Waals surface area contributed by atoms with Gasteiger partial charge in [0.1, 0.15) is 5.69 Å². The smallest absolute Gasteiger partial charge is 0.270 e. The van der Waals surface area contributed by atoms with Crippen molar-refractivity contribution in [3.63, 3.8) is 0 Å². The fraction of sp³-hybridized carbons (Fsp3) is 0.667. The molecule has 5 heteroatoms. The third-order valence-electron chi connectivity index (χ3n) is 4.24. The summed E-state index contributed by atoms with van der Waals surface area (Å²) in [6.45, 7) is 1.80. The van der Waals surface area contributed by atoms with E-state index in [1.54, 1.807) is 0 Å². The standard InChI is InChI=1S/C15H24N4O/c1-17(2)10-13-4-3-7-18(13)15(20)14-8-11(16)9-19(14)12-5-6-12/h8-9,12-13H,3-7,10,16H2,1-2H3. The molecular formula is C15H24N4O. The van der Waals surface area contributed by atoms with Crippen molar-refractivity contribution in [3.05, 3.63) is 18.0 Å². The third kappa shape index (κ3) is 2.54. The molecule has 3 rings (SSSR count). The number of anilines is 1. The normalized spacial score (nSPS) is 22.8.